The van der Waals surface area contributed by atoms with Crippen LogP contribution in [0.2, 0.25) is 0 Å². The number of hydrogen-bond donors (Lipinski definition) is 3. The minimum absolute atomic E-state index is 0.344. The topological polar surface area (TPSA) is 78.4 Å². The molecule has 0 aliphatic heterocycles. The van der Waals surface area contributed by atoms with Crippen molar-refractivity contribution in [2.75, 3.05) is 6.54 Å². The lowest BCUT2D eigenvalue weighted by molar-refractivity contribution is -0.145. The summed E-state index contributed by atoms with van der Waals surface area (Å²) in [6, 6.07) is -0.344. The van der Waals surface area contributed by atoms with Crippen LogP contribution >= 0.6 is 0 Å². The van der Waals surface area contributed by atoms with Crippen molar-refractivity contribution < 1.29 is 14.7 Å². The summed E-state index contributed by atoms with van der Waals surface area (Å²) in [7, 11) is 0. The van der Waals surface area contributed by atoms with Crippen molar-refractivity contribution in [1.29, 1.82) is 0 Å². The van der Waals surface area contributed by atoms with Crippen LogP contribution in [0.4, 0.5) is 4.79 Å². The molecule has 112 valence electrons. The molecular weight excluding hydrogens is 256 g/mol. The first-order chi connectivity index (χ1) is 9.62. The Bertz CT molecular complexity index is 387. The van der Waals surface area contributed by atoms with Crippen molar-refractivity contribution in [1.82, 2.24) is 10.6 Å². The fraction of sp³-hybridized carbons (Fsp3) is 0.733. The van der Waals surface area contributed by atoms with Crippen molar-refractivity contribution in [3.63, 3.8) is 0 Å². The van der Waals surface area contributed by atoms with Crippen molar-refractivity contribution in [2.24, 2.45) is 5.92 Å². The molecule has 5 nitrogen and oxygen atoms in total. The molecule has 1 saturated carbocycles. The third kappa shape index (κ3) is 3.74. The second-order valence-electron chi connectivity index (χ2n) is 5.93. The number of carbonyl (C=O) groups excluding carboxylic acids is 1. The molecule has 5 heteroatoms. The lowest BCUT2D eigenvalue weighted by atomic mass is 9.82. The van der Waals surface area contributed by atoms with E-state index in [-0.39, 0.29) is 6.03 Å². The van der Waals surface area contributed by atoms with Gasteiger partial charge in [0.1, 0.15) is 5.54 Å². The van der Waals surface area contributed by atoms with Crippen molar-refractivity contribution >= 4 is 12.0 Å². The first-order valence-corrected chi connectivity index (χ1v) is 7.57. The number of rotatable bonds is 4. The Morgan fingerprint density at radius 2 is 1.95 bits per heavy atom. The van der Waals surface area contributed by atoms with Crippen LogP contribution in [0.25, 0.3) is 0 Å². The maximum absolute atomic E-state index is 12.0. The van der Waals surface area contributed by atoms with Crippen LogP contribution in [-0.4, -0.2) is 29.2 Å². The summed E-state index contributed by atoms with van der Waals surface area (Å²) in [5.41, 5.74) is -1.06. The van der Waals surface area contributed by atoms with Gasteiger partial charge in [0.25, 0.3) is 0 Å². The standard InChI is InChI=1S/C15H24N2O3/c18-13(19)15(9-5-2-6-10-15)17-14(20)16-11-12-7-3-1-4-8-12/h1,3,12H,2,4-11H2,(H,18,19)(H2,16,17,20). The van der Waals surface area contributed by atoms with Gasteiger partial charge in [-0.3, -0.25) is 0 Å². The largest absolute Gasteiger partial charge is 0.480 e. The Morgan fingerprint density at radius 3 is 2.55 bits per heavy atom. The van der Waals surface area contributed by atoms with Gasteiger partial charge in [0.15, 0.2) is 0 Å². The molecule has 0 aromatic heterocycles. The summed E-state index contributed by atoms with van der Waals surface area (Å²) >= 11 is 0. The summed E-state index contributed by atoms with van der Waals surface area (Å²) < 4.78 is 0. The Morgan fingerprint density at radius 1 is 1.20 bits per heavy atom. The number of urea groups is 1. The molecule has 2 aliphatic carbocycles. The molecule has 0 aromatic carbocycles. The number of carboxylic acids is 1. The zero-order chi connectivity index (χ0) is 14.4. The van der Waals surface area contributed by atoms with Crippen LogP contribution in [-0.2, 0) is 4.79 Å². The second kappa shape index (κ2) is 6.77. The molecule has 20 heavy (non-hydrogen) atoms. The smallest absolute Gasteiger partial charge is 0.329 e. The van der Waals surface area contributed by atoms with Gasteiger partial charge in [-0.2, -0.15) is 0 Å². The highest BCUT2D eigenvalue weighted by atomic mass is 16.4. The van der Waals surface area contributed by atoms with E-state index in [2.05, 4.69) is 22.8 Å². The van der Waals surface area contributed by atoms with E-state index < -0.39 is 11.5 Å². The second-order valence-corrected chi connectivity index (χ2v) is 5.93. The van der Waals surface area contributed by atoms with Crippen molar-refractivity contribution in [2.45, 2.75) is 56.9 Å². The molecule has 1 fully saturated rings. The molecule has 2 amide bonds. The highest BCUT2D eigenvalue weighted by molar-refractivity contribution is 5.86. The minimum Gasteiger partial charge on any atom is -0.480 e. The summed E-state index contributed by atoms with van der Waals surface area (Å²) in [6.07, 6.45) is 11.3. The number of hydrogen-bond acceptors (Lipinski definition) is 2. The van der Waals surface area contributed by atoms with Gasteiger partial charge in [-0.1, -0.05) is 31.4 Å². The average molecular weight is 280 g/mol. The van der Waals surface area contributed by atoms with E-state index in [1.165, 1.54) is 0 Å². The summed E-state index contributed by atoms with van der Waals surface area (Å²) in [5, 5.41) is 14.9. The van der Waals surface area contributed by atoms with Crippen LogP contribution < -0.4 is 10.6 Å². The number of amides is 2. The molecule has 0 heterocycles. The molecule has 0 bridgehead atoms. The van der Waals surface area contributed by atoms with Gasteiger partial charge in [0.2, 0.25) is 0 Å². The zero-order valence-corrected chi connectivity index (χ0v) is 11.9. The fourth-order valence-corrected chi connectivity index (χ4v) is 3.09. The lowest BCUT2D eigenvalue weighted by Gasteiger charge is -2.34. The molecule has 0 spiro atoms. The van der Waals surface area contributed by atoms with Crippen LogP contribution in [0.5, 0.6) is 0 Å². The SMILES string of the molecule is O=C(NCC1CC=CCC1)NC1(C(=O)O)CCCCC1. The van der Waals surface area contributed by atoms with Gasteiger partial charge in [-0.05, 0) is 38.0 Å². The van der Waals surface area contributed by atoms with Gasteiger partial charge in [0.05, 0.1) is 0 Å². The predicted molar refractivity (Wildman–Crippen MR) is 76.5 cm³/mol. The molecule has 0 saturated heterocycles. The Kier molecular flexibility index (Phi) is 5.04. The van der Waals surface area contributed by atoms with Crippen molar-refractivity contribution in [3.05, 3.63) is 12.2 Å². The highest BCUT2D eigenvalue weighted by Crippen LogP contribution is 2.28. The van der Waals surface area contributed by atoms with E-state index in [4.69, 9.17) is 0 Å². The number of nitrogens with one attached hydrogen (secondary N) is 2. The van der Waals surface area contributed by atoms with Gasteiger partial charge in [-0.25, -0.2) is 9.59 Å². The van der Waals surface area contributed by atoms with E-state index in [1.807, 2.05) is 0 Å². The number of carbonyl (C=O) groups is 2. The van der Waals surface area contributed by atoms with Gasteiger partial charge < -0.3 is 15.7 Å². The van der Waals surface area contributed by atoms with E-state index in [9.17, 15) is 14.7 Å². The monoisotopic (exact) mass is 280 g/mol. The highest BCUT2D eigenvalue weighted by Gasteiger charge is 2.40. The normalized spacial score (nSPS) is 24.9. The van der Waals surface area contributed by atoms with E-state index in [0.29, 0.717) is 25.3 Å². The Balaban J connectivity index is 1.82. The third-order valence-electron chi connectivity index (χ3n) is 4.40. The summed E-state index contributed by atoms with van der Waals surface area (Å²) in [4.78, 5) is 23.4. The van der Waals surface area contributed by atoms with Gasteiger partial charge in [0, 0.05) is 6.54 Å². The van der Waals surface area contributed by atoms with Crippen LogP contribution in [0.15, 0.2) is 12.2 Å². The van der Waals surface area contributed by atoms with Gasteiger partial charge in [-0.15, -0.1) is 0 Å². The number of aliphatic carboxylic acids is 1. The average Bonchev–Trinajstić information content (AvgIpc) is 2.47. The maximum Gasteiger partial charge on any atom is 0.329 e. The maximum atomic E-state index is 12.0. The Hall–Kier alpha value is -1.52. The van der Waals surface area contributed by atoms with E-state index >= 15 is 0 Å². The van der Waals surface area contributed by atoms with Crippen LogP contribution in [0, 0.1) is 5.92 Å². The Labute approximate surface area is 119 Å². The molecule has 2 rings (SSSR count). The van der Waals surface area contributed by atoms with E-state index in [0.717, 1.165) is 38.5 Å². The molecule has 3 N–H and O–H groups in total. The molecule has 1 unspecified atom stereocenters. The van der Waals surface area contributed by atoms with E-state index in [1.54, 1.807) is 0 Å². The van der Waals surface area contributed by atoms with Gasteiger partial charge >= 0.3 is 12.0 Å². The molecule has 2 aliphatic rings. The quantitative estimate of drug-likeness (QED) is 0.692. The first-order valence-electron chi connectivity index (χ1n) is 7.57. The van der Waals surface area contributed by atoms with Crippen LogP contribution in [0.1, 0.15) is 51.4 Å². The molecule has 0 radical (unpaired) electrons. The molecular formula is C15H24N2O3. The number of carboxylic acid groups (broad SMARTS) is 1. The fourth-order valence-electron chi connectivity index (χ4n) is 3.09. The van der Waals surface area contributed by atoms with Crippen molar-refractivity contribution in [3.8, 4) is 0 Å². The molecule has 1 atom stereocenters. The predicted octanol–water partition coefficient (Wildman–Crippen LogP) is 2.43. The summed E-state index contributed by atoms with van der Waals surface area (Å²) in [6.45, 7) is 0.617. The third-order valence-corrected chi connectivity index (χ3v) is 4.40. The summed E-state index contributed by atoms with van der Waals surface area (Å²) in [5.74, 6) is -0.439. The number of allylic oxidation sites excluding steroid dienone is 2. The molecule has 0 aromatic rings. The zero-order valence-electron chi connectivity index (χ0n) is 11.9. The lowest BCUT2D eigenvalue weighted by Crippen LogP contribution is -2.58. The minimum atomic E-state index is -1.06. The first kappa shape index (κ1) is 14.9. The van der Waals surface area contributed by atoms with Crippen LogP contribution in [0.3, 0.4) is 0 Å².